The van der Waals surface area contributed by atoms with Crippen molar-refractivity contribution < 1.29 is 4.79 Å². The summed E-state index contributed by atoms with van der Waals surface area (Å²) in [5.41, 5.74) is 1.55. The maximum atomic E-state index is 12.6. The van der Waals surface area contributed by atoms with E-state index >= 15 is 0 Å². The molecule has 0 radical (unpaired) electrons. The van der Waals surface area contributed by atoms with Crippen LogP contribution >= 0.6 is 23.6 Å². The minimum atomic E-state index is -0.0675. The monoisotopic (exact) mass is 427 g/mol. The predicted octanol–water partition coefficient (Wildman–Crippen LogP) is 3.65. The maximum Gasteiger partial charge on any atom is 0.262 e. The lowest BCUT2D eigenvalue weighted by molar-refractivity contribution is -0.121. The van der Waals surface area contributed by atoms with Crippen molar-refractivity contribution in [3.05, 3.63) is 62.9 Å². The fourth-order valence-electron chi connectivity index (χ4n) is 3.27. The summed E-state index contributed by atoms with van der Waals surface area (Å²) in [6.07, 6.45) is 6.74. The van der Waals surface area contributed by atoms with Crippen LogP contribution in [0.4, 0.5) is 0 Å². The highest BCUT2D eigenvalue weighted by atomic mass is 32.1. The highest BCUT2D eigenvalue weighted by molar-refractivity contribution is 7.71. The van der Waals surface area contributed by atoms with Crippen LogP contribution in [-0.4, -0.2) is 24.8 Å². The first kappa shape index (κ1) is 19.5. The number of hydrogen-bond acceptors (Lipinski definition) is 5. The summed E-state index contributed by atoms with van der Waals surface area (Å²) in [5, 5.41) is 5.52. The number of benzene rings is 1. The molecule has 1 aromatic carbocycles. The van der Waals surface area contributed by atoms with Crippen LogP contribution in [0.1, 0.15) is 31.4 Å². The largest absolute Gasteiger partial charge is 0.350 e. The normalized spacial score (nSPS) is 11.3. The number of carbonyl (C=O) groups excluding carboxylic acids is 1. The van der Waals surface area contributed by atoms with Crippen LogP contribution < -0.4 is 10.9 Å². The predicted molar refractivity (Wildman–Crippen MR) is 117 cm³/mol. The van der Waals surface area contributed by atoms with Gasteiger partial charge in [0, 0.05) is 30.7 Å². The number of rotatable bonds is 8. The van der Waals surface area contributed by atoms with Gasteiger partial charge >= 0.3 is 0 Å². The van der Waals surface area contributed by atoms with Crippen molar-refractivity contribution in [2.45, 2.75) is 38.8 Å². The van der Waals surface area contributed by atoms with Crippen LogP contribution in [-0.2, 0) is 17.9 Å². The summed E-state index contributed by atoms with van der Waals surface area (Å²) in [5.74, 6) is 0.0153. The van der Waals surface area contributed by atoms with Gasteiger partial charge in [0.25, 0.3) is 5.56 Å². The van der Waals surface area contributed by atoms with Gasteiger partial charge in [0.2, 0.25) is 5.91 Å². The molecule has 0 unspecified atom stereocenters. The van der Waals surface area contributed by atoms with E-state index in [4.69, 9.17) is 12.2 Å². The molecule has 29 heavy (non-hydrogen) atoms. The van der Waals surface area contributed by atoms with E-state index in [-0.39, 0.29) is 11.5 Å². The Bertz CT molecular complexity index is 1240. The number of nitrogens with one attached hydrogen (secondary N) is 2. The van der Waals surface area contributed by atoms with E-state index in [1.807, 2.05) is 40.4 Å². The standard InChI is InChI=1S/C20H21N5O2S2/c26-17(21-12-14-13-24-10-11-29-20(24)22-14)8-2-1-5-9-25-18(27)15-6-3-4-7-16(15)23-19(25)28/h3-4,6-7,10-11,13H,1-2,5,8-9,12H2,(H,21,26)(H,23,28). The summed E-state index contributed by atoms with van der Waals surface area (Å²) in [6, 6.07) is 7.37. The number of imidazole rings is 1. The Hall–Kier alpha value is -2.78. The van der Waals surface area contributed by atoms with Crippen molar-refractivity contribution in [2.24, 2.45) is 0 Å². The second kappa shape index (κ2) is 8.71. The smallest absolute Gasteiger partial charge is 0.262 e. The van der Waals surface area contributed by atoms with Crippen molar-refractivity contribution in [1.29, 1.82) is 0 Å². The Morgan fingerprint density at radius 3 is 2.97 bits per heavy atom. The maximum absolute atomic E-state index is 12.6. The van der Waals surface area contributed by atoms with Gasteiger partial charge in [-0.1, -0.05) is 18.6 Å². The molecule has 7 nitrogen and oxygen atoms in total. The average Bonchev–Trinajstić information content (AvgIpc) is 3.30. The summed E-state index contributed by atoms with van der Waals surface area (Å²) < 4.78 is 3.99. The van der Waals surface area contributed by atoms with Crippen LogP contribution in [0.3, 0.4) is 0 Å². The van der Waals surface area contributed by atoms with Gasteiger partial charge in [0.15, 0.2) is 9.73 Å². The number of aromatic nitrogens is 4. The minimum absolute atomic E-state index is 0.0153. The van der Waals surface area contributed by atoms with Crippen molar-refractivity contribution >= 4 is 45.3 Å². The van der Waals surface area contributed by atoms with Crippen LogP contribution in [0.25, 0.3) is 15.9 Å². The molecule has 0 aliphatic rings. The number of hydrogen-bond donors (Lipinski definition) is 2. The first-order valence-electron chi connectivity index (χ1n) is 9.51. The first-order valence-corrected chi connectivity index (χ1v) is 10.8. The van der Waals surface area contributed by atoms with Crippen molar-refractivity contribution in [3.8, 4) is 0 Å². The zero-order valence-electron chi connectivity index (χ0n) is 15.8. The third kappa shape index (κ3) is 4.46. The Balaban J connectivity index is 1.22. The number of carbonyl (C=O) groups is 1. The van der Waals surface area contributed by atoms with E-state index in [9.17, 15) is 9.59 Å². The first-order chi connectivity index (χ1) is 14.1. The molecule has 0 spiro atoms. The van der Waals surface area contributed by atoms with Gasteiger partial charge < -0.3 is 10.3 Å². The number of thiazole rings is 1. The highest BCUT2D eigenvalue weighted by Crippen LogP contribution is 2.11. The molecule has 4 aromatic rings. The Morgan fingerprint density at radius 2 is 2.10 bits per heavy atom. The lowest BCUT2D eigenvalue weighted by atomic mass is 10.2. The molecule has 150 valence electrons. The van der Waals surface area contributed by atoms with E-state index in [0.29, 0.717) is 29.7 Å². The lowest BCUT2D eigenvalue weighted by Gasteiger charge is -2.08. The molecule has 2 N–H and O–H groups in total. The third-order valence-corrected chi connectivity index (χ3v) is 5.88. The van der Waals surface area contributed by atoms with Crippen molar-refractivity contribution in [3.63, 3.8) is 0 Å². The second-order valence-corrected chi connectivity index (χ2v) is 8.10. The number of unbranched alkanes of at least 4 members (excludes halogenated alkanes) is 2. The Kier molecular flexibility index (Phi) is 5.86. The number of H-pyrrole nitrogens is 1. The SMILES string of the molecule is O=C(CCCCCn1c(=S)[nH]c2ccccc2c1=O)NCc1cn2ccsc2n1. The number of fused-ring (bicyclic) bond motifs is 2. The number of para-hydroxylation sites is 1. The van der Waals surface area contributed by atoms with Gasteiger partial charge in [-0.3, -0.25) is 18.6 Å². The molecule has 0 fully saturated rings. The second-order valence-electron chi connectivity index (χ2n) is 6.85. The van der Waals surface area contributed by atoms with E-state index in [1.165, 1.54) is 0 Å². The van der Waals surface area contributed by atoms with Gasteiger partial charge in [-0.15, -0.1) is 11.3 Å². The summed E-state index contributed by atoms with van der Waals surface area (Å²) in [6.45, 7) is 0.987. The van der Waals surface area contributed by atoms with E-state index in [1.54, 1.807) is 22.0 Å². The average molecular weight is 428 g/mol. The molecule has 0 atom stereocenters. The highest BCUT2D eigenvalue weighted by Gasteiger charge is 2.07. The van der Waals surface area contributed by atoms with Crippen molar-refractivity contribution in [1.82, 2.24) is 24.3 Å². The van der Waals surface area contributed by atoms with Gasteiger partial charge in [0.05, 0.1) is 23.1 Å². The third-order valence-electron chi connectivity index (χ3n) is 4.78. The Labute approximate surface area is 176 Å². The summed E-state index contributed by atoms with van der Waals surface area (Å²) in [4.78, 5) is 33.1. The van der Waals surface area contributed by atoms with Gasteiger partial charge in [-0.2, -0.15) is 0 Å². The van der Waals surface area contributed by atoms with Crippen LogP contribution in [0, 0.1) is 4.77 Å². The van der Waals surface area contributed by atoms with Gasteiger partial charge in [-0.05, 0) is 37.2 Å². The molecular formula is C20H21N5O2S2. The number of nitrogens with zero attached hydrogens (tertiary/aromatic N) is 3. The van der Waals surface area contributed by atoms with Crippen LogP contribution in [0.2, 0.25) is 0 Å². The van der Waals surface area contributed by atoms with Gasteiger partial charge in [-0.25, -0.2) is 4.98 Å². The lowest BCUT2D eigenvalue weighted by Crippen LogP contribution is -2.23. The fourth-order valence-corrected chi connectivity index (χ4v) is 4.28. The van der Waals surface area contributed by atoms with E-state index in [0.717, 1.165) is 35.4 Å². The molecule has 0 saturated heterocycles. The van der Waals surface area contributed by atoms with Crippen LogP contribution in [0.5, 0.6) is 0 Å². The minimum Gasteiger partial charge on any atom is -0.350 e. The molecule has 1 amide bonds. The van der Waals surface area contributed by atoms with Gasteiger partial charge in [0.1, 0.15) is 0 Å². The zero-order chi connectivity index (χ0) is 20.2. The Morgan fingerprint density at radius 1 is 1.24 bits per heavy atom. The molecule has 3 heterocycles. The topological polar surface area (TPSA) is 84.2 Å². The molecule has 3 aromatic heterocycles. The number of aromatic amines is 1. The molecule has 9 heteroatoms. The zero-order valence-corrected chi connectivity index (χ0v) is 17.4. The molecule has 0 bridgehead atoms. The van der Waals surface area contributed by atoms with E-state index < -0.39 is 0 Å². The van der Waals surface area contributed by atoms with Crippen LogP contribution in [0.15, 0.2) is 46.8 Å². The molecule has 0 aliphatic carbocycles. The molecular weight excluding hydrogens is 406 g/mol. The summed E-state index contributed by atoms with van der Waals surface area (Å²) in [7, 11) is 0. The fraction of sp³-hybridized carbons (Fsp3) is 0.300. The molecule has 4 rings (SSSR count). The van der Waals surface area contributed by atoms with Crippen molar-refractivity contribution in [2.75, 3.05) is 0 Å². The molecule has 0 saturated carbocycles. The quantitative estimate of drug-likeness (QED) is 0.332. The summed E-state index contributed by atoms with van der Waals surface area (Å²) >= 11 is 6.89. The van der Waals surface area contributed by atoms with E-state index in [2.05, 4.69) is 15.3 Å². The molecule has 0 aliphatic heterocycles. The number of amides is 1.